The van der Waals surface area contributed by atoms with Crippen LogP contribution in [0.3, 0.4) is 0 Å². The number of aliphatic carboxylic acids is 1. The Morgan fingerprint density at radius 1 is 1.42 bits per heavy atom. The summed E-state index contributed by atoms with van der Waals surface area (Å²) in [4.78, 5) is 11.1. The van der Waals surface area contributed by atoms with Gasteiger partial charge in [-0.1, -0.05) is 12.1 Å². The third kappa shape index (κ3) is 2.93. The minimum Gasteiger partial charge on any atom is -0.481 e. The number of anilines is 1. The number of carboxylic acids is 1. The molecule has 0 bridgehead atoms. The van der Waals surface area contributed by atoms with Gasteiger partial charge in [0.15, 0.2) is 0 Å². The first-order valence-corrected chi connectivity index (χ1v) is 6.02. The zero-order valence-corrected chi connectivity index (χ0v) is 11.0. The average molecular weight is 259 g/mol. The lowest BCUT2D eigenvalue weighted by Gasteiger charge is -2.19. The maximum Gasteiger partial charge on any atom is 0.309 e. The molecule has 0 aliphatic carbocycles. The molecule has 5 nitrogen and oxygen atoms in total. The molecular formula is C14H17N3O2. The Morgan fingerprint density at radius 2 is 2.16 bits per heavy atom. The van der Waals surface area contributed by atoms with E-state index in [9.17, 15) is 4.79 Å². The molecule has 1 aromatic carbocycles. The van der Waals surface area contributed by atoms with Crippen LogP contribution in [0.1, 0.15) is 19.4 Å². The van der Waals surface area contributed by atoms with Gasteiger partial charge in [-0.15, -0.1) is 0 Å². The Morgan fingerprint density at radius 3 is 2.74 bits per heavy atom. The molecule has 5 heteroatoms. The van der Waals surface area contributed by atoms with Crippen molar-refractivity contribution in [3.05, 3.63) is 42.1 Å². The average Bonchev–Trinajstić information content (AvgIpc) is 2.75. The number of hydrogen-bond donors (Lipinski definition) is 2. The van der Waals surface area contributed by atoms with Gasteiger partial charge >= 0.3 is 5.97 Å². The highest BCUT2D eigenvalue weighted by atomic mass is 16.4. The first kappa shape index (κ1) is 13.1. The smallest absolute Gasteiger partial charge is 0.309 e. The fourth-order valence-corrected chi connectivity index (χ4v) is 1.88. The van der Waals surface area contributed by atoms with E-state index in [1.165, 1.54) is 0 Å². The fourth-order valence-electron chi connectivity index (χ4n) is 1.88. The van der Waals surface area contributed by atoms with Gasteiger partial charge in [0.05, 0.1) is 11.1 Å². The van der Waals surface area contributed by atoms with Crippen molar-refractivity contribution in [2.45, 2.75) is 20.3 Å². The molecule has 1 aromatic heterocycles. The van der Waals surface area contributed by atoms with Gasteiger partial charge < -0.3 is 10.8 Å². The molecule has 0 radical (unpaired) electrons. The fraction of sp³-hybridized carbons (Fsp3) is 0.286. The van der Waals surface area contributed by atoms with Gasteiger partial charge in [-0.2, -0.15) is 5.10 Å². The molecule has 2 rings (SSSR count). The number of carbonyl (C=O) groups is 1. The summed E-state index contributed by atoms with van der Waals surface area (Å²) in [7, 11) is 0. The van der Waals surface area contributed by atoms with E-state index in [1.54, 1.807) is 30.8 Å². The number of nitrogens with two attached hydrogens (primary N) is 1. The largest absolute Gasteiger partial charge is 0.481 e. The van der Waals surface area contributed by atoms with Crippen LogP contribution in [0.15, 0.2) is 36.5 Å². The van der Waals surface area contributed by atoms with E-state index in [0.29, 0.717) is 12.2 Å². The van der Waals surface area contributed by atoms with Crippen molar-refractivity contribution in [2.24, 2.45) is 5.41 Å². The van der Waals surface area contributed by atoms with Crippen LogP contribution in [0.4, 0.5) is 5.82 Å². The number of carboxylic acid groups (broad SMARTS) is 1. The quantitative estimate of drug-likeness (QED) is 0.881. The summed E-state index contributed by atoms with van der Waals surface area (Å²) in [6, 6.07) is 9.36. The maximum absolute atomic E-state index is 11.1. The molecule has 1 heterocycles. The Balaban J connectivity index is 2.27. The summed E-state index contributed by atoms with van der Waals surface area (Å²) in [5.74, 6) is -0.350. The van der Waals surface area contributed by atoms with Gasteiger partial charge in [-0.3, -0.25) is 4.79 Å². The number of aromatic nitrogens is 2. The van der Waals surface area contributed by atoms with Crippen molar-refractivity contribution < 1.29 is 9.90 Å². The van der Waals surface area contributed by atoms with E-state index < -0.39 is 11.4 Å². The van der Waals surface area contributed by atoms with E-state index in [0.717, 1.165) is 11.3 Å². The van der Waals surface area contributed by atoms with Crippen LogP contribution in [-0.2, 0) is 11.2 Å². The Kier molecular flexibility index (Phi) is 3.29. The molecule has 0 atom stereocenters. The van der Waals surface area contributed by atoms with E-state index in [-0.39, 0.29) is 0 Å². The minimum absolute atomic E-state index is 0.455. The van der Waals surface area contributed by atoms with E-state index >= 15 is 0 Å². The predicted octanol–water partition coefficient (Wildman–Crippen LogP) is 2.11. The summed E-state index contributed by atoms with van der Waals surface area (Å²) in [5.41, 5.74) is 6.62. The second-order valence-corrected chi connectivity index (χ2v) is 5.22. The van der Waals surface area contributed by atoms with E-state index in [1.807, 2.05) is 24.3 Å². The van der Waals surface area contributed by atoms with E-state index in [4.69, 9.17) is 10.8 Å². The summed E-state index contributed by atoms with van der Waals surface area (Å²) in [6.07, 6.45) is 2.24. The lowest BCUT2D eigenvalue weighted by molar-refractivity contribution is -0.146. The van der Waals surface area contributed by atoms with Crippen molar-refractivity contribution in [3.63, 3.8) is 0 Å². The number of rotatable bonds is 4. The molecular weight excluding hydrogens is 242 g/mol. The van der Waals surface area contributed by atoms with Gasteiger partial charge in [-0.25, -0.2) is 4.68 Å². The lowest BCUT2D eigenvalue weighted by atomic mass is 9.86. The molecule has 0 fully saturated rings. The van der Waals surface area contributed by atoms with E-state index in [2.05, 4.69) is 5.10 Å². The third-order valence-corrected chi connectivity index (χ3v) is 3.01. The zero-order valence-electron chi connectivity index (χ0n) is 11.0. The topological polar surface area (TPSA) is 81.1 Å². The minimum atomic E-state index is -0.804. The van der Waals surface area contributed by atoms with Crippen LogP contribution in [0, 0.1) is 5.41 Å². The highest BCUT2D eigenvalue weighted by molar-refractivity contribution is 5.74. The second kappa shape index (κ2) is 4.76. The van der Waals surface area contributed by atoms with Gasteiger partial charge in [0.1, 0.15) is 5.82 Å². The van der Waals surface area contributed by atoms with Crippen molar-refractivity contribution in [2.75, 3.05) is 5.73 Å². The molecule has 0 saturated carbocycles. The monoisotopic (exact) mass is 259 g/mol. The molecule has 0 unspecified atom stereocenters. The molecule has 0 spiro atoms. The maximum atomic E-state index is 11.1. The molecule has 3 N–H and O–H groups in total. The summed E-state index contributed by atoms with van der Waals surface area (Å²) < 4.78 is 1.67. The van der Waals surface area contributed by atoms with Crippen LogP contribution in [-0.4, -0.2) is 20.9 Å². The van der Waals surface area contributed by atoms with Crippen LogP contribution in [0.25, 0.3) is 5.69 Å². The van der Waals surface area contributed by atoms with Crippen molar-refractivity contribution >= 4 is 11.8 Å². The second-order valence-electron chi connectivity index (χ2n) is 5.22. The molecule has 0 saturated heterocycles. The van der Waals surface area contributed by atoms with Crippen molar-refractivity contribution in [1.29, 1.82) is 0 Å². The molecule has 0 aliphatic rings. The summed E-state index contributed by atoms with van der Waals surface area (Å²) in [5, 5.41) is 13.3. The third-order valence-electron chi connectivity index (χ3n) is 3.01. The summed E-state index contributed by atoms with van der Waals surface area (Å²) >= 11 is 0. The van der Waals surface area contributed by atoms with Gasteiger partial charge in [0, 0.05) is 12.3 Å². The van der Waals surface area contributed by atoms with Gasteiger partial charge in [0.2, 0.25) is 0 Å². The Labute approximate surface area is 111 Å². The van der Waals surface area contributed by atoms with Crippen molar-refractivity contribution in [1.82, 2.24) is 9.78 Å². The molecule has 0 aliphatic heterocycles. The van der Waals surface area contributed by atoms with Crippen LogP contribution in [0.2, 0.25) is 0 Å². The molecule has 0 amide bonds. The zero-order chi connectivity index (χ0) is 14.0. The first-order valence-electron chi connectivity index (χ1n) is 6.02. The van der Waals surface area contributed by atoms with Crippen LogP contribution in [0.5, 0.6) is 0 Å². The number of nitrogens with zero attached hydrogens (tertiary/aromatic N) is 2. The number of hydrogen-bond acceptors (Lipinski definition) is 3. The Hall–Kier alpha value is -2.30. The summed E-state index contributed by atoms with van der Waals surface area (Å²) in [6.45, 7) is 3.43. The Bertz CT molecular complexity index is 602. The number of nitrogen functional groups attached to an aromatic ring is 1. The number of benzene rings is 1. The van der Waals surface area contributed by atoms with Gasteiger partial charge in [0.25, 0.3) is 0 Å². The predicted molar refractivity (Wildman–Crippen MR) is 73.1 cm³/mol. The molecule has 2 aromatic rings. The molecule has 19 heavy (non-hydrogen) atoms. The molecule has 100 valence electrons. The van der Waals surface area contributed by atoms with Crippen molar-refractivity contribution in [3.8, 4) is 5.69 Å². The lowest BCUT2D eigenvalue weighted by Crippen LogP contribution is -2.26. The standard InChI is InChI=1S/C14H17N3O2/c1-14(2,13(18)19)9-10-4-3-5-11(8-10)17-7-6-12(15)16-17/h3-8H,9H2,1-2H3,(H2,15,16)(H,18,19). The highest BCUT2D eigenvalue weighted by Gasteiger charge is 2.27. The highest BCUT2D eigenvalue weighted by Crippen LogP contribution is 2.23. The normalized spacial score (nSPS) is 11.5. The first-order chi connectivity index (χ1) is 8.88. The van der Waals surface area contributed by atoms with Crippen LogP contribution < -0.4 is 5.73 Å². The van der Waals surface area contributed by atoms with Gasteiger partial charge in [-0.05, 0) is 38.0 Å². The van der Waals surface area contributed by atoms with Crippen LogP contribution >= 0.6 is 0 Å². The SMILES string of the molecule is CC(C)(Cc1cccc(-n2ccc(N)n2)c1)C(=O)O.